The van der Waals surface area contributed by atoms with E-state index >= 15 is 0 Å². The number of ether oxygens (including phenoxy) is 3. The average molecular weight is 384 g/mol. The maximum absolute atomic E-state index is 12.2. The smallest absolute Gasteiger partial charge is 0.224 e. The molecule has 6 nitrogen and oxygen atoms in total. The van der Waals surface area contributed by atoms with Gasteiger partial charge in [-0.3, -0.25) is 4.79 Å². The van der Waals surface area contributed by atoms with Crippen LogP contribution in [0.25, 0.3) is 0 Å². The summed E-state index contributed by atoms with van der Waals surface area (Å²) < 4.78 is 16.7. The lowest BCUT2D eigenvalue weighted by Crippen LogP contribution is -2.36. The van der Waals surface area contributed by atoms with E-state index in [1.54, 1.807) is 0 Å². The fraction of sp³-hybridized carbons (Fsp3) is 0.409. The Balaban J connectivity index is 1.40. The number of nitrogens with one attached hydrogen (secondary N) is 1. The Kier molecular flexibility index (Phi) is 7.55. The zero-order valence-corrected chi connectivity index (χ0v) is 16.4. The van der Waals surface area contributed by atoms with Gasteiger partial charge in [0.1, 0.15) is 0 Å². The number of hydrogen-bond donors (Lipinski definition) is 1. The summed E-state index contributed by atoms with van der Waals surface area (Å²) in [6.07, 6.45) is 1.04. The minimum absolute atomic E-state index is 0.0131. The van der Waals surface area contributed by atoms with Crippen molar-refractivity contribution >= 4 is 17.3 Å². The van der Waals surface area contributed by atoms with E-state index in [0.29, 0.717) is 31.8 Å². The second-order valence-electron chi connectivity index (χ2n) is 6.53. The van der Waals surface area contributed by atoms with Crippen LogP contribution in [-0.2, 0) is 9.53 Å². The normalized spacial score (nSPS) is 13.8. The first-order chi connectivity index (χ1) is 13.8. The van der Waals surface area contributed by atoms with Gasteiger partial charge >= 0.3 is 0 Å². The molecule has 28 heavy (non-hydrogen) atoms. The van der Waals surface area contributed by atoms with Crippen molar-refractivity contribution < 1.29 is 19.0 Å². The van der Waals surface area contributed by atoms with Crippen molar-refractivity contribution in [2.24, 2.45) is 0 Å². The van der Waals surface area contributed by atoms with E-state index < -0.39 is 0 Å². The van der Waals surface area contributed by atoms with Crippen molar-refractivity contribution in [3.05, 3.63) is 48.5 Å². The number of nitrogens with zero attached hydrogens (tertiary/aromatic N) is 1. The molecule has 0 atom stereocenters. The third-order valence-electron chi connectivity index (χ3n) is 4.48. The summed E-state index contributed by atoms with van der Waals surface area (Å²) in [7, 11) is 0. The largest absolute Gasteiger partial charge is 0.490 e. The maximum atomic E-state index is 12.2. The lowest BCUT2D eigenvalue weighted by atomic mass is 10.2. The molecular formula is C22H28N2O4. The van der Waals surface area contributed by atoms with E-state index in [2.05, 4.69) is 10.2 Å². The number of carbonyl (C=O) groups excluding carboxylic acids is 1. The Morgan fingerprint density at radius 1 is 1.04 bits per heavy atom. The highest BCUT2D eigenvalue weighted by atomic mass is 16.5. The molecule has 0 aliphatic carbocycles. The Morgan fingerprint density at radius 3 is 2.39 bits per heavy atom. The summed E-state index contributed by atoms with van der Waals surface area (Å²) in [6, 6.07) is 15.5. The number of morpholine rings is 1. The molecule has 0 aromatic heterocycles. The number of amides is 1. The van der Waals surface area contributed by atoms with Crippen LogP contribution in [0.5, 0.6) is 11.5 Å². The number of rotatable bonds is 9. The molecule has 0 bridgehead atoms. The zero-order valence-electron chi connectivity index (χ0n) is 16.4. The quantitative estimate of drug-likeness (QED) is 0.668. The van der Waals surface area contributed by atoms with Crippen LogP contribution in [0.1, 0.15) is 19.8 Å². The molecule has 1 aliphatic heterocycles. The highest BCUT2D eigenvalue weighted by Crippen LogP contribution is 2.26. The summed E-state index contributed by atoms with van der Waals surface area (Å²) in [5.41, 5.74) is 1.97. The first-order valence-corrected chi connectivity index (χ1v) is 9.83. The van der Waals surface area contributed by atoms with Crippen LogP contribution in [0.3, 0.4) is 0 Å². The lowest BCUT2D eigenvalue weighted by Gasteiger charge is -2.28. The molecule has 0 unspecified atom stereocenters. The predicted octanol–water partition coefficient (Wildman–Crippen LogP) is 3.72. The Morgan fingerprint density at radius 2 is 1.71 bits per heavy atom. The van der Waals surface area contributed by atoms with E-state index in [4.69, 9.17) is 14.2 Å². The molecule has 1 saturated heterocycles. The van der Waals surface area contributed by atoms with Crippen molar-refractivity contribution in [2.75, 3.05) is 49.7 Å². The predicted molar refractivity (Wildman–Crippen MR) is 110 cm³/mol. The van der Waals surface area contributed by atoms with Crippen molar-refractivity contribution in [3.8, 4) is 11.5 Å². The van der Waals surface area contributed by atoms with E-state index in [0.717, 1.165) is 43.4 Å². The van der Waals surface area contributed by atoms with E-state index in [1.807, 2.05) is 55.5 Å². The molecule has 3 rings (SSSR count). The molecular weight excluding hydrogens is 356 g/mol. The van der Waals surface area contributed by atoms with Crippen molar-refractivity contribution in [3.63, 3.8) is 0 Å². The number of benzene rings is 2. The number of carbonyl (C=O) groups is 1. The molecule has 1 amide bonds. The maximum Gasteiger partial charge on any atom is 0.224 e. The van der Waals surface area contributed by atoms with Crippen LogP contribution in [-0.4, -0.2) is 45.4 Å². The third kappa shape index (κ3) is 5.89. The minimum atomic E-state index is -0.0131. The molecule has 1 fully saturated rings. The standard InChI is InChI=1S/C22H28N2O4/c1-2-27-20-6-3-4-7-21(20)28-15-5-8-22(25)23-18-9-11-19(12-10-18)24-13-16-26-17-14-24/h3-4,6-7,9-12H,2,5,8,13-17H2,1H3,(H,23,25). The number of hydrogen-bond acceptors (Lipinski definition) is 5. The van der Waals surface area contributed by atoms with Gasteiger partial charge in [0, 0.05) is 30.9 Å². The van der Waals surface area contributed by atoms with Crippen molar-refractivity contribution in [1.82, 2.24) is 0 Å². The summed E-state index contributed by atoms with van der Waals surface area (Å²) in [5.74, 6) is 1.43. The Labute approximate surface area is 166 Å². The van der Waals surface area contributed by atoms with Crippen molar-refractivity contribution in [2.45, 2.75) is 19.8 Å². The number of anilines is 2. The molecule has 6 heteroatoms. The van der Waals surface area contributed by atoms with Gasteiger partial charge in [0.25, 0.3) is 0 Å². The second-order valence-corrected chi connectivity index (χ2v) is 6.53. The molecule has 1 N–H and O–H groups in total. The van der Waals surface area contributed by atoms with Gasteiger partial charge < -0.3 is 24.4 Å². The van der Waals surface area contributed by atoms with Crippen LogP contribution in [0.2, 0.25) is 0 Å². The molecule has 2 aromatic carbocycles. The van der Waals surface area contributed by atoms with Gasteiger partial charge in [-0.15, -0.1) is 0 Å². The van der Waals surface area contributed by atoms with Gasteiger partial charge in [0.05, 0.1) is 26.4 Å². The topological polar surface area (TPSA) is 60.0 Å². The number of para-hydroxylation sites is 2. The molecule has 2 aromatic rings. The van der Waals surface area contributed by atoms with Crippen LogP contribution in [0.15, 0.2) is 48.5 Å². The van der Waals surface area contributed by atoms with Gasteiger partial charge in [-0.1, -0.05) is 12.1 Å². The van der Waals surface area contributed by atoms with Gasteiger partial charge in [-0.25, -0.2) is 0 Å². The van der Waals surface area contributed by atoms with Crippen LogP contribution in [0, 0.1) is 0 Å². The van der Waals surface area contributed by atoms with Crippen LogP contribution < -0.4 is 19.7 Å². The molecule has 1 aliphatic rings. The van der Waals surface area contributed by atoms with Crippen LogP contribution in [0.4, 0.5) is 11.4 Å². The fourth-order valence-electron chi connectivity index (χ4n) is 3.06. The molecule has 1 heterocycles. The van der Waals surface area contributed by atoms with E-state index in [1.165, 1.54) is 0 Å². The molecule has 0 saturated carbocycles. The van der Waals surface area contributed by atoms with E-state index in [-0.39, 0.29) is 5.91 Å². The highest BCUT2D eigenvalue weighted by Gasteiger charge is 2.11. The summed E-state index contributed by atoms with van der Waals surface area (Å²) in [6.45, 7) is 6.32. The highest BCUT2D eigenvalue weighted by molar-refractivity contribution is 5.90. The zero-order chi connectivity index (χ0) is 19.6. The SMILES string of the molecule is CCOc1ccccc1OCCCC(=O)Nc1ccc(N2CCOCC2)cc1. The van der Waals surface area contributed by atoms with E-state index in [9.17, 15) is 4.79 Å². The Hall–Kier alpha value is -2.73. The molecule has 150 valence electrons. The van der Waals surface area contributed by atoms with Gasteiger partial charge in [-0.05, 0) is 49.7 Å². The van der Waals surface area contributed by atoms with Gasteiger partial charge in [0.15, 0.2) is 11.5 Å². The molecule has 0 spiro atoms. The van der Waals surface area contributed by atoms with Gasteiger partial charge in [-0.2, -0.15) is 0 Å². The molecule has 0 radical (unpaired) electrons. The first-order valence-electron chi connectivity index (χ1n) is 9.83. The van der Waals surface area contributed by atoms with Crippen molar-refractivity contribution in [1.29, 1.82) is 0 Å². The Bertz CT molecular complexity index is 742. The fourth-order valence-corrected chi connectivity index (χ4v) is 3.06. The van der Waals surface area contributed by atoms with Crippen LogP contribution >= 0.6 is 0 Å². The monoisotopic (exact) mass is 384 g/mol. The third-order valence-corrected chi connectivity index (χ3v) is 4.48. The average Bonchev–Trinajstić information content (AvgIpc) is 2.74. The lowest BCUT2D eigenvalue weighted by molar-refractivity contribution is -0.116. The minimum Gasteiger partial charge on any atom is -0.490 e. The van der Waals surface area contributed by atoms with Gasteiger partial charge in [0.2, 0.25) is 5.91 Å². The second kappa shape index (κ2) is 10.6. The summed E-state index contributed by atoms with van der Waals surface area (Å²) in [4.78, 5) is 14.4. The first kappa shape index (κ1) is 20.0. The summed E-state index contributed by atoms with van der Waals surface area (Å²) >= 11 is 0. The summed E-state index contributed by atoms with van der Waals surface area (Å²) in [5, 5.41) is 2.94.